The summed E-state index contributed by atoms with van der Waals surface area (Å²) in [6, 6.07) is 1.26. The van der Waals surface area contributed by atoms with Crippen LogP contribution in [0.2, 0.25) is 0 Å². The van der Waals surface area contributed by atoms with Crippen LogP contribution >= 0.6 is 0 Å². The Balaban J connectivity index is 1.64. The number of carboxylic acids is 1. The van der Waals surface area contributed by atoms with Crippen LogP contribution in [0, 0.1) is 5.92 Å². The van der Waals surface area contributed by atoms with Crippen LogP contribution in [-0.4, -0.2) is 59.1 Å². The molecule has 3 rings (SSSR count). The maximum Gasteiger partial charge on any atom is 0.303 e. The summed E-state index contributed by atoms with van der Waals surface area (Å²) >= 11 is 0. The van der Waals surface area contributed by atoms with Crippen LogP contribution in [0.1, 0.15) is 44.9 Å². The Morgan fingerprint density at radius 2 is 1.95 bits per heavy atom. The molecular weight excluding hydrogens is 240 g/mol. The minimum absolute atomic E-state index is 0.338. The molecule has 2 bridgehead atoms. The Kier molecular flexibility index (Phi) is 4.08. The zero-order valence-electron chi connectivity index (χ0n) is 11.8. The van der Waals surface area contributed by atoms with Gasteiger partial charge in [-0.2, -0.15) is 0 Å². The van der Waals surface area contributed by atoms with Crippen molar-refractivity contribution in [2.24, 2.45) is 5.92 Å². The van der Waals surface area contributed by atoms with Gasteiger partial charge in [0.05, 0.1) is 0 Å². The first-order valence-corrected chi connectivity index (χ1v) is 7.94. The molecule has 3 fully saturated rings. The number of likely N-dealkylation sites (tertiary alicyclic amines) is 1. The van der Waals surface area contributed by atoms with Crippen molar-refractivity contribution >= 4 is 5.97 Å². The predicted octanol–water partition coefficient (Wildman–Crippen LogP) is 1.80. The lowest BCUT2D eigenvalue weighted by Crippen LogP contribution is -2.52. The van der Waals surface area contributed by atoms with Gasteiger partial charge in [0, 0.05) is 25.0 Å². The van der Waals surface area contributed by atoms with Gasteiger partial charge in [-0.05, 0) is 57.7 Å². The molecule has 19 heavy (non-hydrogen) atoms. The van der Waals surface area contributed by atoms with Crippen LogP contribution in [0.25, 0.3) is 0 Å². The largest absolute Gasteiger partial charge is 0.481 e. The van der Waals surface area contributed by atoms with Crippen molar-refractivity contribution in [2.45, 2.75) is 57.0 Å². The van der Waals surface area contributed by atoms with Crippen molar-refractivity contribution in [1.82, 2.24) is 9.80 Å². The number of carbonyl (C=O) groups is 1. The monoisotopic (exact) mass is 266 g/mol. The SMILES string of the molecule is O=C(O)CCC1CCCCN1C1CCN2CCC1C2. The van der Waals surface area contributed by atoms with Gasteiger partial charge in [0.2, 0.25) is 0 Å². The van der Waals surface area contributed by atoms with Crippen molar-refractivity contribution in [3.8, 4) is 0 Å². The Morgan fingerprint density at radius 3 is 2.79 bits per heavy atom. The third kappa shape index (κ3) is 2.95. The van der Waals surface area contributed by atoms with E-state index in [1.54, 1.807) is 0 Å². The molecule has 0 amide bonds. The van der Waals surface area contributed by atoms with Gasteiger partial charge in [-0.15, -0.1) is 0 Å². The van der Waals surface area contributed by atoms with E-state index in [-0.39, 0.29) is 0 Å². The smallest absolute Gasteiger partial charge is 0.303 e. The third-order valence-electron chi connectivity index (χ3n) is 5.38. The fraction of sp³-hybridized carbons (Fsp3) is 0.933. The maximum atomic E-state index is 10.8. The van der Waals surface area contributed by atoms with Gasteiger partial charge in [-0.1, -0.05) is 6.42 Å². The zero-order valence-corrected chi connectivity index (χ0v) is 11.8. The summed E-state index contributed by atoms with van der Waals surface area (Å²) in [5, 5.41) is 8.92. The van der Waals surface area contributed by atoms with E-state index in [0.29, 0.717) is 12.5 Å². The molecule has 0 aromatic heterocycles. The highest BCUT2D eigenvalue weighted by Crippen LogP contribution is 2.34. The molecule has 0 aromatic rings. The fourth-order valence-electron chi connectivity index (χ4n) is 4.43. The Morgan fingerprint density at radius 1 is 1.11 bits per heavy atom. The summed E-state index contributed by atoms with van der Waals surface area (Å²) in [7, 11) is 0. The molecule has 0 radical (unpaired) electrons. The van der Waals surface area contributed by atoms with Crippen LogP contribution in [0.5, 0.6) is 0 Å². The number of rotatable bonds is 4. The highest BCUT2D eigenvalue weighted by Gasteiger charge is 2.40. The van der Waals surface area contributed by atoms with Gasteiger partial charge >= 0.3 is 5.97 Å². The van der Waals surface area contributed by atoms with E-state index in [4.69, 9.17) is 5.11 Å². The molecule has 0 aromatic carbocycles. The lowest BCUT2D eigenvalue weighted by molar-refractivity contribution is -0.137. The molecule has 3 heterocycles. The maximum absolute atomic E-state index is 10.8. The molecular formula is C15H26N2O2. The van der Waals surface area contributed by atoms with Crippen molar-refractivity contribution in [2.75, 3.05) is 26.2 Å². The highest BCUT2D eigenvalue weighted by atomic mass is 16.4. The lowest BCUT2D eigenvalue weighted by atomic mass is 9.87. The molecule has 4 atom stereocenters. The van der Waals surface area contributed by atoms with Gasteiger partial charge in [-0.25, -0.2) is 0 Å². The molecule has 0 spiro atoms. The molecule has 4 unspecified atom stereocenters. The van der Waals surface area contributed by atoms with Crippen LogP contribution in [-0.2, 0) is 4.79 Å². The van der Waals surface area contributed by atoms with E-state index < -0.39 is 5.97 Å². The van der Waals surface area contributed by atoms with Crippen molar-refractivity contribution in [3.05, 3.63) is 0 Å². The fourth-order valence-corrected chi connectivity index (χ4v) is 4.43. The molecule has 0 aliphatic carbocycles. The first-order valence-electron chi connectivity index (χ1n) is 7.94. The molecule has 0 saturated carbocycles. The van der Waals surface area contributed by atoms with Crippen molar-refractivity contribution in [3.63, 3.8) is 0 Å². The van der Waals surface area contributed by atoms with Gasteiger partial charge in [-0.3, -0.25) is 9.69 Å². The van der Waals surface area contributed by atoms with E-state index in [0.717, 1.165) is 18.4 Å². The van der Waals surface area contributed by atoms with E-state index in [1.807, 2.05) is 0 Å². The van der Waals surface area contributed by atoms with Gasteiger partial charge in [0.15, 0.2) is 0 Å². The van der Waals surface area contributed by atoms with Gasteiger partial charge < -0.3 is 10.0 Å². The van der Waals surface area contributed by atoms with Gasteiger partial charge in [0.25, 0.3) is 0 Å². The molecule has 4 nitrogen and oxygen atoms in total. The lowest BCUT2D eigenvalue weighted by Gasteiger charge is -2.45. The second kappa shape index (κ2) is 5.80. The minimum Gasteiger partial charge on any atom is -0.481 e. The van der Waals surface area contributed by atoms with Crippen LogP contribution in [0.3, 0.4) is 0 Å². The van der Waals surface area contributed by atoms with E-state index in [9.17, 15) is 4.79 Å². The van der Waals surface area contributed by atoms with Crippen molar-refractivity contribution in [1.29, 1.82) is 0 Å². The van der Waals surface area contributed by atoms with Crippen LogP contribution in [0.15, 0.2) is 0 Å². The average molecular weight is 266 g/mol. The van der Waals surface area contributed by atoms with E-state index >= 15 is 0 Å². The predicted molar refractivity (Wildman–Crippen MR) is 74.2 cm³/mol. The number of carboxylic acid groups (broad SMARTS) is 1. The summed E-state index contributed by atoms with van der Waals surface area (Å²) in [5.74, 6) is 0.209. The number of aliphatic carboxylic acids is 1. The quantitative estimate of drug-likeness (QED) is 0.842. The average Bonchev–Trinajstić information content (AvgIpc) is 2.79. The standard InChI is InChI=1S/C15H26N2O2/c18-15(19)5-4-13-3-1-2-8-17(13)14-7-10-16-9-6-12(14)11-16/h12-14H,1-11H2,(H,18,19). The zero-order chi connectivity index (χ0) is 13.2. The summed E-state index contributed by atoms with van der Waals surface area (Å²) in [6.45, 7) is 5.02. The Bertz CT molecular complexity index is 334. The minimum atomic E-state index is -0.638. The summed E-state index contributed by atoms with van der Waals surface area (Å²) < 4.78 is 0. The van der Waals surface area contributed by atoms with E-state index in [1.165, 1.54) is 58.3 Å². The first kappa shape index (κ1) is 13.4. The number of hydrogen-bond acceptors (Lipinski definition) is 3. The molecule has 3 saturated heterocycles. The number of fused-ring (bicyclic) bond motifs is 2. The van der Waals surface area contributed by atoms with Gasteiger partial charge in [0.1, 0.15) is 0 Å². The highest BCUT2D eigenvalue weighted by molar-refractivity contribution is 5.66. The first-order chi connectivity index (χ1) is 9.24. The summed E-state index contributed by atoms with van der Waals surface area (Å²) in [4.78, 5) is 16.1. The molecule has 108 valence electrons. The molecule has 1 N–H and O–H groups in total. The molecule has 4 heteroatoms. The van der Waals surface area contributed by atoms with E-state index in [2.05, 4.69) is 9.80 Å². The Labute approximate surface area is 115 Å². The number of nitrogens with zero attached hydrogens (tertiary/aromatic N) is 2. The summed E-state index contributed by atoms with van der Waals surface area (Å²) in [5.41, 5.74) is 0. The normalized spacial score (nSPS) is 39.4. The van der Waals surface area contributed by atoms with Crippen LogP contribution in [0.4, 0.5) is 0 Å². The Hall–Kier alpha value is -0.610. The molecule has 3 aliphatic heterocycles. The number of hydrogen-bond donors (Lipinski definition) is 1. The topological polar surface area (TPSA) is 43.8 Å². The second-order valence-corrected chi connectivity index (χ2v) is 6.53. The third-order valence-corrected chi connectivity index (χ3v) is 5.38. The second-order valence-electron chi connectivity index (χ2n) is 6.53. The summed E-state index contributed by atoms with van der Waals surface area (Å²) in [6.07, 6.45) is 7.63. The van der Waals surface area contributed by atoms with Crippen LogP contribution < -0.4 is 0 Å². The molecule has 3 aliphatic rings. The number of piperidine rings is 2. The van der Waals surface area contributed by atoms with Crippen molar-refractivity contribution < 1.29 is 9.90 Å².